The second-order valence-electron chi connectivity index (χ2n) is 8.66. The highest BCUT2D eigenvalue weighted by molar-refractivity contribution is 7.89. The van der Waals surface area contributed by atoms with E-state index in [-0.39, 0.29) is 36.2 Å². The highest BCUT2D eigenvalue weighted by Gasteiger charge is 2.23. The number of ether oxygens (including phenoxy) is 1. The van der Waals surface area contributed by atoms with Gasteiger partial charge in [0.2, 0.25) is 0 Å². The fraction of sp³-hybridized carbons (Fsp3) is 0.435. The van der Waals surface area contributed by atoms with E-state index in [1.54, 1.807) is 20.8 Å². The molecule has 0 heterocycles. The summed E-state index contributed by atoms with van der Waals surface area (Å²) in [5.74, 6) is 0. The van der Waals surface area contributed by atoms with Crippen molar-refractivity contribution in [3.05, 3.63) is 48.5 Å². The fourth-order valence-corrected chi connectivity index (χ4v) is 4.53. The van der Waals surface area contributed by atoms with Gasteiger partial charge in [-0.3, -0.25) is 15.0 Å². The van der Waals surface area contributed by atoms with Crippen LogP contribution >= 0.6 is 0 Å². The summed E-state index contributed by atoms with van der Waals surface area (Å²) >= 11 is 0. The molecule has 0 atom stereocenters. The molecule has 0 saturated heterocycles. The first-order valence-electron chi connectivity index (χ1n) is 11.5. The van der Waals surface area contributed by atoms with Gasteiger partial charge in [0.05, 0.1) is 36.2 Å². The van der Waals surface area contributed by atoms with Crippen molar-refractivity contribution >= 4 is 37.5 Å². The number of hydrogen-bond donors (Lipinski definition) is 4. The van der Waals surface area contributed by atoms with Crippen LogP contribution < -0.4 is 11.1 Å². The Morgan fingerprint density at radius 3 is 1.56 bits per heavy atom. The van der Waals surface area contributed by atoms with Crippen molar-refractivity contribution in [2.45, 2.75) is 36.2 Å². The summed E-state index contributed by atoms with van der Waals surface area (Å²) in [5, 5.41) is 19.7. The van der Waals surface area contributed by atoms with Crippen LogP contribution in [0.1, 0.15) is 20.8 Å². The maximum absolute atomic E-state index is 12.2. The van der Waals surface area contributed by atoms with Crippen molar-refractivity contribution in [2.24, 2.45) is 0 Å². The van der Waals surface area contributed by atoms with E-state index in [0.717, 1.165) is 4.47 Å². The van der Waals surface area contributed by atoms with Crippen LogP contribution in [0.5, 0.6) is 0 Å². The lowest BCUT2D eigenvalue weighted by atomic mass is 10.2. The van der Waals surface area contributed by atoms with E-state index in [1.807, 2.05) is 0 Å². The Morgan fingerprint density at radius 2 is 1.21 bits per heavy atom. The Kier molecular flexibility index (Phi) is 13.2. The number of carbonyl (C=O) groups is 1. The number of rotatable bonds is 11. The summed E-state index contributed by atoms with van der Waals surface area (Å²) in [7, 11) is -5.01. The Morgan fingerprint density at radius 1 is 0.821 bits per heavy atom. The Bertz CT molecular complexity index is 1250. The van der Waals surface area contributed by atoms with Gasteiger partial charge in [-0.05, 0) is 69.3 Å². The molecule has 14 nitrogen and oxygen atoms in total. The summed E-state index contributed by atoms with van der Waals surface area (Å²) in [5.41, 5.74) is 5.71. The van der Waals surface area contributed by atoms with Gasteiger partial charge in [0.1, 0.15) is 5.60 Å². The first-order valence-corrected chi connectivity index (χ1v) is 14.3. The average Bonchev–Trinajstić information content (AvgIpc) is 2.85. The van der Waals surface area contributed by atoms with Gasteiger partial charge >= 0.3 is 6.09 Å². The van der Waals surface area contributed by atoms with E-state index in [9.17, 15) is 21.6 Å². The number of anilines is 2. The quantitative estimate of drug-likeness (QED) is 0.217. The highest BCUT2D eigenvalue weighted by atomic mass is 32.2. The van der Waals surface area contributed by atoms with Crippen molar-refractivity contribution in [1.82, 2.24) is 8.94 Å². The molecule has 0 radical (unpaired) electrons. The molecule has 0 fully saturated rings. The van der Waals surface area contributed by atoms with E-state index >= 15 is 0 Å². The van der Waals surface area contributed by atoms with Crippen LogP contribution in [0, 0.1) is 0 Å². The van der Waals surface area contributed by atoms with Gasteiger partial charge in [0.25, 0.3) is 20.0 Å². The normalized spacial score (nSPS) is 12.1. The molecule has 0 aliphatic carbocycles. The molecule has 5 N–H and O–H groups in total. The molecular formula is C23H36N4O10S2. The topological polar surface area (TPSA) is 198 Å². The molecule has 16 heteroatoms. The minimum absolute atomic E-state index is 0.00678. The number of nitrogens with two attached hydrogens (primary N) is 1. The van der Waals surface area contributed by atoms with Crippen LogP contribution in [-0.2, 0) is 34.5 Å². The summed E-state index contributed by atoms with van der Waals surface area (Å²) in [6.45, 7) is 4.47. The third-order valence-corrected chi connectivity index (χ3v) is 7.68. The fourth-order valence-electron chi connectivity index (χ4n) is 2.55. The lowest BCUT2D eigenvalue weighted by Gasteiger charge is -2.20. The number of aliphatic hydroxyl groups is 2. The predicted molar refractivity (Wildman–Crippen MR) is 143 cm³/mol. The van der Waals surface area contributed by atoms with Gasteiger partial charge < -0.3 is 20.7 Å². The number of amides is 1. The summed E-state index contributed by atoms with van der Waals surface area (Å²) in [4.78, 5) is 21.4. The first-order chi connectivity index (χ1) is 18.0. The van der Waals surface area contributed by atoms with Crippen molar-refractivity contribution in [2.75, 3.05) is 51.6 Å². The maximum Gasteiger partial charge on any atom is 0.412 e. The average molecular weight is 593 g/mol. The molecule has 2 aromatic rings. The number of nitrogens with one attached hydrogen (secondary N) is 1. The number of hydroxylamine groups is 2. The smallest absolute Gasteiger partial charge is 0.412 e. The zero-order chi connectivity index (χ0) is 29.9. The largest absolute Gasteiger partial charge is 0.444 e. The number of carbonyl (C=O) groups excluding carboxylic acids is 1. The predicted octanol–water partition coefficient (Wildman–Crippen LogP) is 1.39. The number of benzene rings is 2. The van der Waals surface area contributed by atoms with E-state index < -0.39 is 31.7 Å². The van der Waals surface area contributed by atoms with Crippen molar-refractivity contribution < 1.29 is 46.3 Å². The molecule has 0 spiro atoms. The van der Waals surface area contributed by atoms with Crippen molar-refractivity contribution in [1.29, 1.82) is 0 Å². The van der Waals surface area contributed by atoms with E-state index in [0.29, 0.717) is 15.8 Å². The van der Waals surface area contributed by atoms with Crippen LogP contribution in [0.2, 0.25) is 0 Å². The van der Waals surface area contributed by atoms with Gasteiger partial charge in [-0.1, -0.05) is 8.94 Å². The summed E-state index contributed by atoms with van der Waals surface area (Å²) < 4.78 is 54.5. The maximum atomic E-state index is 12.2. The van der Waals surface area contributed by atoms with Gasteiger partial charge in [-0.25, -0.2) is 21.6 Å². The molecule has 0 aromatic heterocycles. The molecular weight excluding hydrogens is 556 g/mol. The van der Waals surface area contributed by atoms with Gasteiger partial charge in [-0.15, -0.1) is 0 Å². The van der Waals surface area contributed by atoms with Gasteiger partial charge in [0.15, 0.2) is 0 Å². The van der Waals surface area contributed by atoms with Crippen LogP contribution in [0.4, 0.5) is 16.2 Å². The third kappa shape index (κ3) is 11.4. The molecule has 0 aliphatic rings. The molecule has 0 saturated carbocycles. The minimum Gasteiger partial charge on any atom is -0.444 e. The first kappa shape index (κ1) is 34.2. The molecule has 39 heavy (non-hydrogen) atoms. The molecule has 0 bridgehead atoms. The zero-order valence-corrected chi connectivity index (χ0v) is 24.0. The molecule has 0 unspecified atom stereocenters. The number of nitrogen functional groups attached to an aromatic ring is 1. The third-order valence-electron chi connectivity index (χ3n) is 4.38. The molecule has 2 rings (SSSR count). The van der Waals surface area contributed by atoms with E-state index in [4.69, 9.17) is 30.4 Å². The summed E-state index contributed by atoms with van der Waals surface area (Å²) in [6, 6.07) is 11.3. The summed E-state index contributed by atoms with van der Waals surface area (Å²) in [6.07, 6.45) is -0.628. The monoisotopic (exact) mass is 592 g/mol. The SMILES string of the molecule is CN(OCCO)S(=O)(=O)c1ccc(N)cc1.CN(OCCO)S(=O)(=O)c1ccc(NC(=O)OC(C)(C)C)cc1. The number of hydrogen-bond acceptors (Lipinski definition) is 11. The standard InChI is InChI=1S/C14H22N2O6S.C9H14N2O4S/c1-14(2,3)22-13(18)15-11-5-7-12(8-6-11)23(19,20)16(4)21-10-9-17;1-11(15-7-6-12)16(13,14)9-4-2-8(10)3-5-9/h5-8,17H,9-10H2,1-4H3,(H,15,18);2-5,12H,6-7,10H2,1H3. The lowest BCUT2D eigenvalue weighted by Crippen LogP contribution is -2.28. The molecule has 220 valence electrons. The Balaban J connectivity index is 0.000000416. The minimum atomic E-state index is -3.83. The van der Waals surface area contributed by atoms with Crippen LogP contribution in [0.15, 0.2) is 58.3 Å². The number of nitrogens with zero attached hydrogens (tertiary/aromatic N) is 2. The second kappa shape index (κ2) is 15.1. The van der Waals surface area contributed by atoms with Crippen LogP contribution in [0.25, 0.3) is 0 Å². The Hall–Kier alpha value is -2.83. The number of aliphatic hydroxyl groups excluding tert-OH is 2. The molecule has 2 aromatic carbocycles. The zero-order valence-electron chi connectivity index (χ0n) is 22.4. The van der Waals surface area contributed by atoms with E-state index in [1.165, 1.54) is 62.6 Å². The lowest BCUT2D eigenvalue weighted by molar-refractivity contribution is -0.0770. The second-order valence-corrected chi connectivity index (χ2v) is 12.5. The van der Waals surface area contributed by atoms with E-state index in [2.05, 4.69) is 5.32 Å². The number of sulfonamides is 2. The van der Waals surface area contributed by atoms with Crippen molar-refractivity contribution in [3.63, 3.8) is 0 Å². The van der Waals surface area contributed by atoms with Gasteiger partial charge in [0, 0.05) is 25.5 Å². The van der Waals surface area contributed by atoms with Crippen LogP contribution in [0.3, 0.4) is 0 Å². The van der Waals surface area contributed by atoms with Crippen LogP contribution in [-0.4, -0.2) is 88.2 Å². The Labute approximate surface area is 228 Å². The van der Waals surface area contributed by atoms with Crippen molar-refractivity contribution in [3.8, 4) is 0 Å². The van der Waals surface area contributed by atoms with Gasteiger partial charge in [-0.2, -0.15) is 0 Å². The molecule has 1 amide bonds. The highest BCUT2D eigenvalue weighted by Crippen LogP contribution is 2.19. The molecule has 0 aliphatic heterocycles.